The van der Waals surface area contributed by atoms with E-state index in [1.807, 2.05) is 12.3 Å². The van der Waals surface area contributed by atoms with Crippen molar-refractivity contribution in [1.29, 1.82) is 0 Å². The highest BCUT2D eigenvalue weighted by Crippen LogP contribution is 2.36. The van der Waals surface area contributed by atoms with Crippen LogP contribution in [0.25, 0.3) is 21.3 Å². The van der Waals surface area contributed by atoms with Crippen molar-refractivity contribution in [3.63, 3.8) is 0 Å². The number of pyridine rings is 1. The molecule has 0 aliphatic rings. The van der Waals surface area contributed by atoms with Crippen LogP contribution in [0.3, 0.4) is 0 Å². The van der Waals surface area contributed by atoms with Gasteiger partial charge in [-0.3, -0.25) is 4.79 Å². The van der Waals surface area contributed by atoms with E-state index in [2.05, 4.69) is 16.9 Å². The molecule has 0 saturated heterocycles. The highest BCUT2D eigenvalue weighted by molar-refractivity contribution is 7.13. The van der Waals surface area contributed by atoms with E-state index in [9.17, 15) is 4.79 Å². The van der Waals surface area contributed by atoms with Crippen molar-refractivity contribution in [3.05, 3.63) is 34.3 Å². The fraction of sp³-hybridized carbons (Fsp3) is 0.286. The summed E-state index contributed by atoms with van der Waals surface area (Å²) in [5.41, 5.74) is 3.32. The lowest BCUT2D eigenvalue weighted by Crippen LogP contribution is -2.16. The Morgan fingerprint density at radius 3 is 3.15 bits per heavy atom. The summed E-state index contributed by atoms with van der Waals surface area (Å²) >= 11 is 1.52. The number of aromatic amines is 1. The summed E-state index contributed by atoms with van der Waals surface area (Å²) in [6.07, 6.45) is 4.55. The van der Waals surface area contributed by atoms with Crippen molar-refractivity contribution < 1.29 is 4.74 Å². The van der Waals surface area contributed by atoms with Crippen molar-refractivity contribution in [2.75, 3.05) is 6.61 Å². The number of hydrogen-bond donors (Lipinski definition) is 1. The van der Waals surface area contributed by atoms with Gasteiger partial charge in [0.2, 0.25) is 5.88 Å². The van der Waals surface area contributed by atoms with Gasteiger partial charge in [0, 0.05) is 30.4 Å². The first kappa shape index (κ1) is 12.9. The van der Waals surface area contributed by atoms with Crippen LogP contribution in [0.4, 0.5) is 0 Å². The zero-order valence-corrected chi connectivity index (χ0v) is 12.2. The van der Waals surface area contributed by atoms with Gasteiger partial charge in [-0.2, -0.15) is 0 Å². The van der Waals surface area contributed by atoms with Gasteiger partial charge in [-0.15, -0.1) is 11.3 Å². The molecular weight excluding hydrogens is 274 g/mol. The number of H-pyrrole nitrogens is 1. The highest BCUT2D eigenvalue weighted by Gasteiger charge is 2.16. The van der Waals surface area contributed by atoms with E-state index in [1.165, 1.54) is 11.3 Å². The number of ether oxygens (including phenoxy) is 1. The Kier molecular flexibility index (Phi) is 3.31. The Balaban J connectivity index is 2.20. The number of fused-ring (bicyclic) bond motifs is 1. The monoisotopic (exact) mass is 289 g/mol. The molecule has 3 aromatic heterocycles. The zero-order valence-electron chi connectivity index (χ0n) is 11.3. The second kappa shape index (κ2) is 5.13. The fourth-order valence-electron chi connectivity index (χ4n) is 2.17. The van der Waals surface area contributed by atoms with Gasteiger partial charge in [0.05, 0.1) is 12.1 Å². The van der Waals surface area contributed by atoms with E-state index in [1.54, 1.807) is 23.3 Å². The number of nitrogens with zero attached hydrogens (tertiary/aromatic N) is 2. The van der Waals surface area contributed by atoms with Crippen LogP contribution in [0.1, 0.15) is 13.3 Å². The van der Waals surface area contributed by atoms with E-state index in [0.29, 0.717) is 18.0 Å². The first-order valence-corrected chi connectivity index (χ1v) is 7.33. The van der Waals surface area contributed by atoms with E-state index in [4.69, 9.17) is 4.74 Å². The summed E-state index contributed by atoms with van der Waals surface area (Å²) in [4.78, 5) is 20.3. The molecule has 3 aromatic rings. The largest absolute Gasteiger partial charge is 0.477 e. The molecule has 0 aliphatic heterocycles. The van der Waals surface area contributed by atoms with Crippen molar-refractivity contribution in [1.82, 2.24) is 14.5 Å². The lowest BCUT2D eigenvalue weighted by Gasteiger charge is -2.07. The molecule has 0 atom stereocenters. The molecule has 0 spiro atoms. The van der Waals surface area contributed by atoms with Gasteiger partial charge in [-0.05, 0) is 12.5 Å². The Hall–Kier alpha value is -2.08. The third-order valence-corrected chi connectivity index (χ3v) is 3.96. The summed E-state index contributed by atoms with van der Waals surface area (Å²) in [6.45, 7) is 2.70. The van der Waals surface area contributed by atoms with Gasteiger partial charge < -0.3 is 14.3 Å². The minimum absolute atomic E-state index is 0.0331. The van der Waals surface area contributed by atoms with Crippen LogP contribution >= 0.6 is 11.3 Å². The Morgan fingerprint density at radius 2 is 2.35 bits per heavy atom. The normalized spacial score (nSPS) is 11.1. The van der Waals surface area contributed by atoms with E-state index in [0.717, 1.165) is 22.2 Å². The number of aryl methyl sites for hydroxylation is 1. The SMILES string of the molecule is CCCOc1ncsc1-c1cn(C)c(=O)c2[nH]ccc12. The number of thiazole rings is 1. The van der Waals surface area contributed by atoms with Gasteiger partial charge in [-0.1, -0.05) is 6.92 Å². The maximum atomic E-state index is 12.1. The molecule has 3 rings (SSSR count). The smallest absolute Gasteiger partial charge is 0.274 e. The second-order valence-electron chi connectivity index (χ2n) is 4.56. The highest BCUT2D eigenvalue weighted by atomic mass is 32.1. The van der Waals surface area contributed by atoms with Gasteiger partial charge in [-0.25, -0.2) is 4.98 Å². The van der Waals surface area contributed by atoms with Crippen molar-refractivity contribution in [2.24, 2.45) is 7.05 Å². The second-order valence-corrected chi connectivity index (χ2v) is 5.42. The standard InChI is InChI=1S/C14H15N3O2S/c1-3-6-19-13-12(20-8-16-13)10-7-17(2)14(18)11-9(10)4-5-15-11/h4-5,7-8,15H,3,6H2,1-2H3. The van der Waals surface area contributed by atoms with E-state index < -0.39 is 0 Å². The molecule has 5 nitrogen and oxygen atoms in total. The molecule has 0 radical (unpaired) electrons. The quantitative estimate of drug-likeness (QED) is 0.803. The van der Waals surface area contributed by atoms with Gasteiger partial charge in [0.25, 0.3) is 5.56 Å². The minimum Gasteiger partial charge on any atom is -0.477 e. The predicted octanol–water partition coefficient (Wildman–Crippen LogP) is 2.78. The molecule has 0 aliphatic carbocycles. The molecule has 104 valence electrons. The molecule has 0 bridgehead atoms. The van der Waals surface area contributed by atoms with E-state index in [-0.39, 0.29) is 5.56 Å². The van der Waals surface area contributed by atoms with Crippen LogP contribution in [0.2, 0.25) is 0 Å². The molecule has 0 unspecified atom stereocenters. The van der Waals surface area contributed by atoms with Crippen molar-refractivity contribution in [3.8, 4) is 16.3 Å². The minimum atomic E-state index is -0.0331. The summed E-state index contributed by atoms with van der Waals surface area (Å²) in [5.74, 6) is 0.637. The molecule has 0 amide bonds. The summed E-state index contributed by atoms with van der Waals surface area (Å²) in [7, 11) is 1.75. The lowest BCUT2D eigenvalue weighted by molar-refractivity contribution is 0.308. The predicted molar refractivity (Wildman–Crippen MR) is 80.4 cm³/mol. The van der Waals surface area contributed by atoms with Crippen LogP contribution in [-0.2, 0) is 7.05 Å². The number of aromatic nitrogens is 3. The molecule has 3 heterocycles. The van der Waals surface area contributed by atoms with Crippen molar-refractivity contribution >= 4 is 22.2 Å². The average molecular weight is 289 g/mol. The topological polar surface area (TPSA) is 59.9 Å². The van der Waals surface area contributed by atoms with Crippen LogP contribution in [0.15, 0.2) is 28.8 Å². The van der Waals surface area contributed by atoms with Crippen LogP contribution < -0.4 is 10.3 Å². The molecule has 20 heavy (non-hydrogen) atoms. The Labute approximate surface area is 119 Å². The number of nitrogens with one attached hydrogen (secondary N) is 1. The average Bonchev–Trinajstić information content (AvgIpc) is 3.09. The molecule has 0 saturated carbocycles. The molecular formula is C14H15N3O2S. The van der Waals surface area contributed by atoms with Crippen molar-refractivity contribution in [2.45, 2.75) is 13.3 Å². The third kappa shape index (κ3) is 2.02. The summed E-state index contributed by atoms with van der Waals surface area (Å²) in [5, 5.41) is 0.902. The zero-order chi connectivity index (χ0) is 14.1. The lowest BCUT2D eigenvalue weighted by atomic mass is 10.1. The fourth-order valence-corrected chi connectivity index (χ4v) is 2.92. The number of rotatable bonds is 4. The van der Waals surface area contributed by atoms with Crippen LogP contribution in [-0.4, -0.2) is 21.1 Å². The number of hydrogen-bond acceptors (Lipinski definition) is 4. The van der Waals surface area contributed by atoms with Gasteiger partial charge in [0.15, 0.2) is 0 Å². The maximum Gasteiger partial charge on any atom is 0.274 e. The third-order valence-electron chi connectivity index (χ3n) is 3.12. The summed E-state index contributed by atoms with van der Waals surface area (Å²) in [6, 6.07) is 1.91. The molecule has 1 N–H and O–H groups in total. The van der Waals surface area contributed by atoms with Gasteiger partial charge >= 0.3 is 0 Å². The first-order chi connectivity index (χ1) is 9.72. The Morgan fingerprint density at radius 1 is 1.50 bits per heavy atom. The van der Waals surface area contributed by atoms with Crippen LogP contribution in [0, 0.1) is 0 Å². The maximum absolute atomic E-state index is 12.1. The molecule has 0 aromatic carbocycles. The molecule has 6 heteroatoms. The Bertz CT molecular complexity index is 800. The summed E-state index contributed by atoms with van der Waals surface area (Å²) < 4.78 is 7.26. The van der Waals surface area contributed by atoms with Crippen LogP contribution in [0.5, 0.6) is 5.88 Å². The van der Waals surface area contributed by atoms with E-state index >= 15 is 0 Å². The first-order valence-electron chi connectivity index (χ1n) is 6.45. The van der Waals surface area contributed by atoms with Gasteiger partial charge in [0.1, 0.15) is 10.4 Å². The molecule has 0 fully saturated rings.